The van der Waals surface area contributed by atoms with E-state index in [1.807, 2.05) is 66.9 Å². The number of thiophene rings is 1. The molecule has 0 aliphatic rings. The minimum Gasteiger partial charge on any atom is -0.494 e. The topological polar surface area (TPSA) is 82.4 Å². The van der Waals surface area contributed by atoms with Gasteiger partial charge >= 0.3 is 0 Å². The lowest BCUT2D eigenvalue weighted by Gasteiger charge is -2.11. The molecule has 0 radical (unpaired) electrons. The van der Waals surface area contributed by atoms with E-state index in [0.29, 0.717) is 36.6 Å². The zero-order valence-corrected chi connectivity index (χ0v) is 18.4. The molecule has 1 amide bonds. The summed E-state index contributed by atoms with van der Waals surface area (Å²) in [7, 11) is 0. The van der Waals surface area contributed by atoms with Crippen LogP contribution in [0.1, 0.15) is 6.92 Å². The normalized spacial score (nSPS) is 10.8. The molecule has 1 N–H and O–H groups in total. The lowest BCUT2D eigenvalue weighted by Crippen LogP contribution is -2.35. The minimum atomic E-state index is -0.303. The first-order valence-electron chi connectivity index (χ1n) is 10.3. The van der Waals surface area contributed by atoms with Gasteiger partial charge in [-0.05, 0) is 48.7 Å². The van der Waals surface area contributed by atoms with Crippen LogP contribution in [0.15, 0.2) is 70.8 Å². The number of carbonyl (C=O) groups is 1. The second-order valence-electron chi connectivity index (χ2n) is 6.94. The van der Waals surface area contributed by atoms with E-state index in [2.05, 4.69) is 10.4 Å². The summed E-state index contributed by atoms with van der Waals surface area (Å²) in [5.74, 6) is 1.17. The number of ether oxygens (including phenoxy) is 2. The maximum absolute atomic E-state index is 12.9. The lowest BCUT2D eigenvalue weighted by atomic mass is 10.1. The van der Waals surface area contributed by atoms with Gasteiger partial charge in [0.15, 0.2) is 0 Å². The molecule has 0 saturated carbocycles. The Morgan fingerprint density at radius 3 is 2.41 bits per heavy atom. The summed E-state index contributed by atoms with van der Waals surface area (Å²) in [4.78, 5) is 26.3. The number of nitrogens with zero attached hydrogens (tertiary/aromatic N) is 2. The summed E-state index contributed by atoms with van der Waals surface area (Å²) in [5, 5.41) is 10.5. The number of amides is 1. The van der Waals surface area contributed by atoms with Gasteiger partial charge in [0.2, 0.25) is 5.91 Å². The van der Waals surface area contributed by atoms with Gasteiger partial charge in [0.05, 0.1) is 23.4 Å². The molecule has 0 aliphatic carbocycles. The van der Waals surface area contributed by atoms with Crippen LogP contribution in [0.3, 0.4) is 0 Å². The summed E-state index contributed by atoms with van der Waals surface area (Å²) in [6.45, 7) is 2.99. The van der Waals surface area contributed by atoms with Gasteiger partial charge < -0.3 is 14.8 Å². The van der Waals surface area contributed by atoms with Crippen LogP contribution in [0.5, 0.6) is 11.5 Å². The molecule has 2 aromatic carbocycles. The van der Waals surface area contributed by atoms with Gasteiger partial charge in [-0.2, -0.15) is 5.10 Å². The highest BCUT2D eigenvalue weighted by atomic mass is 32.1. The minimum absolute atomic E-state index is 0.162. The van der Waals surface area contributed by atoms with Gasteiger partial charge in [-0.3, -0.25) is 9.59 Å². The van der Waals surface area contributed by atoms with E-state index >= 15 is 0 Å². The highest BCUT2D eigenvalue weighted by Crippen LogP contribution is 2.28. The Balaban J connectivity index is 1.39. The van der Waals surface area contributed by atoms with E-state index in [1.165, 1.54) is 16.0 Å². The molecular formula is C24H23N3O4S. The van der Waals surface area contributed by atoms with E-state index in [1.54, 1.807) is 6.07 Å². The van der Waals surface area contributed by atoms with Gasteiger partial charge in [-0.1, -0.05) is 24.3 Å². The fraction of sp³-hybridized carbons (Fsp3) is 0.208. The molecule has 0 fully saturated rings. The average Bonchev–Trinajstić information content (AvgIpc) is 3.35. The molecule has 0 atom stereocenters. The molecule has 0 spiro atoms. The van der Waals surface area contributed by atoms with Crippen molar-refractivity contribution in [3.05, 3.63) is 76.4 Å². The molecule has 7 nitrogen and oxygen atoms in total. The van der Waals surface area contributed by atoms with Crippen molar-refractivity contribution in [2.24, 2.45) is 0 Å². The van der Waals surface area contributed by atoms with Crippen molar-refractivity contribution in [1.29, 1.82) is 0 Å². The van der Waals surface area contributed by atoms with Crippen molar-refractivity contribution in [2.75, 3.05) is 19.8 Å². The third kappa shape index (κ3) is 4.97. The van der Waals surface area contributed by atoms with Crippen molar-refractivity contribution in [3.8, 4) is 22.1 Å². The molecule has 0 saturated heterocycles. The van der Waals surface area contributed by atoms with Crippen LogP contribution in [0.25, 0.3) is 21.3 Å². The van der Waals surface area contributed by atoms with E-state index in [0.717, 1.165) is 16.0 Å². The molecule has 0 unspecified atom stereocenters. The fourth-order valence-corrected chi connectivity index (χ4v) is 4.01. The number of carbonyl (C=O) groups excluding carboxylic acids is 1. The maximum Gasteiger partial charge on any atom is 0.275 e. The molecule has 2 heterocycles. The van der Waals surface area contributed by atoms with Crippen molar-refractivity contribution in [2.45, 2.75) is 13.5 Å². The van der Waals surface area contributed by atoms with Crippen molar-refractivity contribution in [3.63, 3.8) is 0 Å². The third-order valence-corrected chi connectivity index (χ3v) is 5.62. The first-order chi connectivity index (χ1) is 15.7. The van der Waals surface area contributed by atoms with Crippen LogP contribution in [0.2, 0.25) is 0 Å². The Labute approximate surface area is 189 Å². The predicted molar refractivity (Wildman–Crippen MR) is 125 cm³/mol. The van der Waals surface area contributed by atoms with Crippen molar-refractivity contribution >= 4 is 28.0 Å². The molecule has 32 heavy (non-hydrogen) atoms. The van der Waals surface area contributed by atoms with Crippen molar-refractivity contribution < 1.29 is 14.3 Å². The van der Waals surface area contributed by atoms with E-state index in [-0.39, 0.29) is 18.0 Å². The molecule has 0 aliphatic heterocycles. The van der Waals surface area contributed by atoms with Crippen LogP contribution in [-0.2, 0) is 11.3 Å². The second kappa shape index (κ2) is 10.1. The number of fused-ring (bicyclic) bond motifs is 1. The van der Waals surface area contributed by atoms with E-state index < -0.39 is 0 Å². The molecule has 4 aromatic rings. The van der Waals surface area contributed by atoms with Gasteiger partial charge in [0.25, 0.3) is 5.56 Å². The summed E-state index contributed by atoms with van der Waals surface area (Å²) in [5.41, 5.74) is 0.406. The summed E-state index contributed by atoms with van der Waals surface area (Å²) >= 11 is 1.54. The van der Waals surface area contributed by atoms with Crippen LogP contribution in [-0.4, -0.2) is 35.4 Å². The lowest BCUT2D eigenvalue weighted by molar-refractivity contribution is -0.122. The first kappa shape index (κ1) is 21.6. The van der Waals surface area contributed by atoms with Crippen LogP contribution < -0.4 is 20.3 Å². The first-order valence-corrected chi connectivity index (χ1v) is 11.2. The second-order valence-corrected chi connectivity index (χ2v) is 7.88. The number of hydrogen-bond acceptors (Lipinski definition) is 6. The van der Waals surface area contributed by atoms with Gasteiger partial charge in [-0.15, -0.1) is 11.3 Å². The number of rotatable bonds is 9. The molecule has 164 valence electrons. The Bertz CT molecular complexity index is 1250. The van der Waals surface area contributed by atoms with Crippen LogP contribution in [0, 0.1) is 0 Å². The standard InChI is InChI=1S/C24H23N3O4S/c1-2-30-17-9-11-18(12-10-17)31-14-13-25-22(28)16-27-24(29)20-7-4-3-6-19(20)23(26-27)21-8-5-15-32-21/h3-12,15H,2,13-14,16H2,1H3,(H,25,28). The largest absolute Gasteiger partial charge is 0.494 e. The molecule has 4 rings (SSSR count). The number of benzene rings is 2. The average molecular weight is 450 g/mol. The Morgan fingerprint density at radius 2 is 1.72 bits per heavy atom. The Hall–Kier alpha value is -3.65. The maximum atomic E-state index is 12.9. The number of aromatic nitrogens is 2. The number of nitrogens with one attached hydrogen (secondary N) is 1. The molecular weight excluding hydrogens is 426 g/mol. The molecule has 0 bridgehead atoms. The fourth-order valence-electron chi connectivity index (χ4n) is 3.29. The van der Waals surface area contributed by atoms with E-state index in [4.69, 9.17) is 9.47 Å². The monoisotopic (exact) mass is 449 g/mol. The zero-order chi connectivity index (χ0) is 22.3. The van der Waals surface area contributed by atoms with E-state index in [9.17, 15) is 9.59 Å². The molecule has 8 heteroatoms. The number of hydrogen-bond donors (Lipinski definition) is 1. The zero-order valence-electron chi connectivity index (χ0n) is 17.6. The Kier molecular flexibility index (Phi) is 6.81. The van der Waals surface area contributed by atoms with Gasteiger partial charge in [0.1, 0.15) is 30.3 Å². The Morgan fingerprint density at radius 1 is 1.00 bits per heavy atom. The SMILES string of the molecule is CCOc1ccc(OCCNC(=O)Cn2nc(-c3cccs3)c3ccccc3c2=O)cc1. The third-order valence-electron chi connectivity index (χ3n) is 4.74. The highest BCUT2D eigenvalue weighted by molar-refractivity contribution is 7.13. The summed E-state index contributed by atoms with van der Waals surface area (Å²) in [6, 6.07) is 18.5. The summed E-state index contributed by atoms with van der Waals surface area (Å²) in [6.07, 6.45) is 0. The summed E-state index contributed by atoms with van der Waals surface area (Å²) < 4.78 is 12.3. The molecule has 2 aromatic heterocycles. The highest BCUT2D eigenvalue weighted by Gasteiger charge is 2.14. The van der Waals surface area contributed by atoms with Crippen molar-refractivity contribution in [1.82, 2.24) is 15.1 Å². The predicted octanol–water partition coefficient (Wildman–Crippen LogP) is 3.72. The van der Waals surface area contributed by atoms with Gasteiger partial charge in [0, 0.05) is 5.39 Å². The van der Waals surface area contributed by atoms with Crippen LogP contribution >= 0.6 is 11.3 Å². The van der Waals surface area contributed by atoms with Crippen LogP contribution in [0.4, 0.5) is 0 Å². The smallest absolute Gasteiger partial charge is 0.275 e. The quantitative estimate of drug-likeness (QED) is 0.394. The van der Waals surface area contributed by atoms with Gasteiger partial charge in [-0.25, -0.2) is 4.68 Å².